The van der Waals surface area contributed by atoms with Crippen LogP contribution in [0.1, 0.15) is 64.0 Å². The van der Waals surface area contributed by atoms with Crippen LogP contribution < -0.4 is 5.32 Å². The molecule has 0 bridgehead atoms. The lowest BCUT2D eigenvalue weighted by molar-refractivity contribution is 0.0490. The number of aromatic nitrogens is 4. The minimum atomic E-state index is -0.487. The van der Waals surface area contributed by atoms with Gasteiger partial charge >= 0.3 is 6.09 Å². The van der Waals surface area contributed by atoms with E-state index in [-0.39, 0.29) is 18.1 Å². The van der Waals surface area contributed by atoms with Gasteiger partial charge in [0.1, 0.15) is 5.60 Å². The first kappa shape index (κ1) is 20.4. The zero-order valence-electron chi connectivity index (χ0n) is 18.2. The highest BCUT2D eigenvalue weighted by Crippen LogP contribution is 2.33. The number of hydrogen-bond donors (Lipinski definition) is 1. The first-order valence-corrected chi connectivity index (χ1v) is 10.5. The highest BCUT2D eigenvalue weighted by atomic mass is 16.6. The summed E-state index contributed by atoms with van der Waals surface area (Å²) >= 11 is 0. The van der Waals surface area contributed by atoms with Crippen molar-refractivity contribution in [2.45, 2.75) is 70.9 Å². The molecule has 0 unspecified atom stereocenters. The van der Waals surface area contributed by atoms with E-state index in [1.165, 1.54) is 0 Å². The summed E-state index contributed by atoms with van der Waals surface area (Å²) in [5.41, 5.74) is 2.48. The Hall–Kier alpha value is -2.90. The number of aryl methyl sites for hydroxylation is 2. The molecular formula is C22H29N5O3. The number of carbonyl (C=O) groups is 1. The van der Waals surface area contributed by atoms with Crippen LogP contribution in [0.5, 0.6) is 0 Å². The number of carbonyl (C=O) groups excluding carboxylic acids is 1. The van der Waals surface area contributed by atoms with E-state index in [0.717, 1.165) is 47.8 Å². The van der Waals surface area contributed by atoms with Crippen LogP contribution >= 0.6 is 0 Å². The van der Waals surface area contributed by atoms with Gasteiger partial charge in [-0.1, -0.05) is 17.3 Å². The maximum Gasteiger partial charge on any atom is 0.407 e. The SMILES string of the molecule is Cc1nn(C)c2cc(-c3noc([C@H]4CC[C@@H](NC(=O)OC(C)(C)C)CC4)n3)ccc12. The summed E-state index contributed by atoms with van der Waals surface area (Å²) in [5.74, 6) is 1.48. The van der Waals surface area contributed by atoms with E-state index in [0.29, 0.717) is 11.7 Å². The van der Waals surface area contributed by atoms with E-state index in [1.54, 1.807) is 0 Å². The van der Waals surface area contributed by atoms with Crippen molar-refractivity contribution in [3.63, 3.8) is 0 Å². The summed E-state index contributed by atoms with van der Waals surface area (Å²) in [6.07, 6.45) is 3.15. The van der Waals surface area contributed by atoms with Crippen molar-refractivity contribution in [3.8, 4) is 11.4 Å². The summed E-state index contributed by atoms with van der Waals surface area (Å²) in [5, 5.41) is 12.8. The molecule has 0 atom stereocenters. The van der Waals surface area contributed by atoms with Gasteiger partial charge in [-0.3, -0.25) is 4.68 Å². The van der Waals surface area contributed by atoms with E-state index < -0.39 is 5.60 Å². The maximum atomic E-state index is 12.0. The number of ether oxygens (including phenoxy) is 1. The van der Waals surface area contributed by atoms with Crippen LogP contribution in [0.15, 0.2) is 22.7 Å². The highest BCUT2D eigenvalue weighted by Gasteiger charge is 2.28. The van der Waals surface area contributed by atoms with E-state index in [2.05, 4.69) is 26.6 Å². The average Bonchev–Trinajstić information content (AvgIpc) is 3.26. The molecule has 2 aromatic heterocycles. The molecule has 30 heavy (non-hydrogen) atoms. The minimum absolute atomic E-state index is 0.119. The number of hydrogen-bond acceptors (Lipinski definition) is 6. The Labute approximate surface area is 176 Å². The lowest BCUT2D eigenvalue weighted by atomic mass is 9.86. The summed E-state index contributed by atoms with van der Waals surface area (Å²) in [6, 6.07) is 6.23. The van der Waals surface area contributed by atoms with Crippen molar-refractivity contribution in [2.24, 2.45) is 7.05 Å². The zero-order valence-corrected chi connectivity index (χ0v) is 18.2. The predicted molar refractivity (Wildman–Crippen MR) is 113 cm³/mol. The minimum Gasteiger partial charge on any atom is -0.444 e. The van der Waals surface area contributed by atoms with E-state index in [9.17, 15) is 4.79 Å². The van der Waals surface area contributed by atoms with Crippen LogP contribution in [0.25, 0.3) is 22.3 Å². The molecule has 3 aromatic rings. The molecule has 1 amide bonds. The van der Waals surface area contributed by atoms with Crippen LogP contribution in [0.4, 0.5) is 4.79 Å². The molecule has 8 nitrogen and oxygen atoms in total. The van der Waals surface area contributed by atoms with Gasteiger partial charge in [-0.15, -0.1) is 0 Å². The Morgan fingerprint density at radius 3 is 2.67 bits per heavy atom. The van der Waals surface area contributed by atoms with Crippen molar-refractivity contribution in [2.75, 3.05) is 0 Å². The van der Waals surface area contributed by atoms with Crippen LogP contribution in [0.2, 0.25) is 0 Å². The number of alkyl carbamates (subject to hydrolysis) is 1. The summed E-state index contributed by atoms with van der Waals surface area (Å²) in [7, 11) is 1.94. The molecular weight excluding hydrogens is 382 g/mol. The smallest absolute Gasteiger partial charge is 0.407 e. The standard InChI is InChI=1S/C22H29N5O3/c1-13-17-11-8-15(12-18(17)27(5)25-13)19-24-20(30-26-19)14-6-9-16(10-7-14)23-21(28)29-22(2,3)4/h8,11-12,14,16H,6-7,9-10H2,1-5H3,(H,23,28)/t14-,16+. The number of nitrogens with one attached hydrogen (secondary N) is 1. The molecule has 1 aliphatic carbocycles. The van der Waals surface area contributed by atoms with Crippen LogP contribution in [-0.2, 0) is 11.8 Å². The molecule has 4 rings (SSSR count). The van der Waals surface area contributed by atoms with Crippen molar-refractivity contribution in [1.82, 2.24) is 25.2 Å². The van der Waals surface area contributed by atoms with E-state index in [1.807, 2.05) is 51.6 Å². The Bertz CT molecular complexity index is 1050. The fourth-order valence-electron chi connectivity index (χ4n) is 4.05. The van der Waals surface area contributed by atoms with Gasteiger partial charge in [0.25, 0.3) is 0 Å². The van der Waals surface area contributed by atoms with Crippen molar-refractivity contribution < 1.29 is 14.1 Å². The Balaban J connectivity index is 1.39. The number of nitrogens with zero attached hydrogens (tertiary/aromatic N) is 4. The lowest BCUT2D eigenvalue weighted by Gasteiger charge is -2.28. The predicted octanol–water partition coefficient (Wildman–Crippen LogP) is 4.48. The number of fused-ring (bicyclic) bond motifs is 1. The number of rotatable bonds is 3. The largest absolute Gasteiger partial charge is 0.444 e. The molecule has 0 spiro atoms. The zero-order chi connectivity index (χ0) is 21.5. The topological polar surface area (TPSA) is 95.1 Å². The fraction of sp³-hybridized carbons (Fsp3) is 0.545. The molecule has 0 saturated heterocycles. The van der Waals surface area contributed by atoms with Crippen molar-refractivity contribution in [3.05, 3.63) is 29.8 Å². The molecule has 2 heterocycles. The molecule has 0 aliphatic heterocycles. The number of benzene rings is 1. The first-order valence-electron chi connectivity index (χ1n) is 10.5. The number of amides is 1. The molecule has 1 N–H and O–H groups in total. The van der Waals surface area contributed by atoms with Gasteiger partial charge < -0.3 is 14.6 Å². The highest BCUT2D eigenvalue weighted by molar-refractivity contribution is 5.85. The van der Waals surface area contributed by atoms with Gasteiger partial charge in [0.05, 0.1) is 11.2 Å². The summed E-state index contributed by atoms with van der Waals surface area (Å²) < 4.78 is 12.8. The van der Waals surface area contributed by atoms with Gasteiger partial charge in [0, 0.05) is 30.0 Å². The second-order valence-corrected chi connectivity index (χ2v) is 9.09. The lowest BCUT2D eigenvalue weighted by Crippen LogP contribution is -2.40. The third-order valence-electron chi connectivity index (χ3n) is 5.53. The quantitative estimate of drug-likeness (QED) is 0.683. The Kier molecular flexibility index (Phi) is 5.26. The second kappa shape index (κ2) is 7.74. The maximum absolute atomic E-state index is 12.0. The normalized spacial score (nSPS) is 19.8. The second-order valence-electron chi connectivity index (χ2n) is 9.09. The summed E-state index contributed by atoms with van der Waals surface area (Å²) in [4.78, 5) is 16.6. The van der Waals surface area contributed by atoms with Crippen molar-refractivity contribution in [1.29, 1.82) is 0 Å². The molecule has 1 fully saturated rings. The summed E-state index contributed by atoms with van der Waals surface area (Å²) in [6.45, 7) is 7.60. The average molecular weight is 412 g/mol. The monoisotopic (exact) mass is 411 g/mol. The Morgan fingerprint density at radius 2 is 1.97 bits per heavy atom. The van der Waals surface area contributed by atoms with Crippen LogP contribution in [0.3, 0.4) is 0 Å². The van der Waals surface area contributed by atoms with Gasteiger partial charge in [-0.25, -0.2) is 4.79 Å². The third-order valence-corrected chi connectivity index (χ3v) is 5.53. The van der Waals surface area contributed by atoms with Gasteiger partial charge in [0.2, 0.25) is 11.7 Å². The van der Waals surface area contributed by atoms with Crippen molar-refractivity contribution >= 4 is 17.0 Å². The molecule has 0 radical (unpaired) electrons. The van der Waals surface area contributed by atoms with Crippen LogP contribution in [-0.4, -0.2) is 37.7 Å². The van der Waals surface area contributed by atoms with Gasteiger partial charge in [-0.05, 0) is 59.4 Å². The van der Waals surface area contributed by atoms with E-state index >= 15 is 0 Å². The van der Waals surface area contributed by atoms with Crippen LogP contribution in [0, 0.1) is 6.92 Å². The molecule has 160 valence electrons. The molecule has 1 saturated carbocycles. The third kappa shape index (κ3) is 4.32. The molecule has 8 heteroatoms. The Morgan fingerprint density at radius 1 is 1.23 bits per heavy atom. The van der Waals surface area contributed by atoms with E-state index in [4.69, 9.17) is 9.26 Å². The molecule has 1 aromatic carbocycles. The fourth-order valence-corrected chi connectivity index (χ4v) is 4.05. The van der Waals surface area contributed by atoms with Gasteiger partial charge in [0.15, 0.2) is 0 Å². The molecule has 1 aliphatic rings. The first-order chi connectivity index (χ1) is 14.2. The van der Waals surface area contributed by atoms with Gasteiger partial charge in [-0.2, -0.15) is 10.1 Å².